The van der Waals surface area contributed by atoms with E-state index in [-0.39, 0.29) is 6.04 Å². The van der Waals surface area contributed by atoms with Crippen LogP contribution >= 0.6 is 0 Å². The van der Waals surface area contributed by atoms with Crippen LogP contribution in [-0.4, -0.2) is 7.05 Å². The van der Waals surface area contributed by atoms with Gasteiger partial charge in [-0.25, -0.2) is 0 Å². The molecule has 0 aliphatic carbocycles. The van der Waals surface area contributed by atoms with Crippen LogP contribution in [0.4, 0.5) is 0 Å². The van der Waals surface area contributed by atoms with Gasteiger partial charge in [-0.3, -0.25) is 0 Å². The number of likely N-dealkylation sites (N-methyl/N-ethyl adjacent to an activating group) is 1. The molecule has 1 aromatic carbocycles. The Morgan fingerprint density at radius 1 is 1.46 bits per heavy atom. The number of nitrogens with one attached hydrogen (secondary N) is 1. The van der Waals surface area contributed by atoms with E-state index in [0.29, 0.717) is 0 Å². The second kappa shape index (κ2) is 4.24. The standard InChI is InChI=1S/C12H17N/c1-9(2)12(13-4)11-7-5-6-10(3)8-11/h5-8,12-13H,1H2,2-4H3. The van der Waals surface area contributed by atoms with Crippen molar-refractivity contribution in [2.24, 2.45) is 0 Å². The molecule has 70 valence electrons. The molecule has 0 heterocycles. The Labute approximate surface area is 80.5 Å². The molecule has 1 aromatic rings. The molecule has 0 radical (unpaired) electrons. The predicted molar refractivity (Wildman–Crippen MR) is 57.8 cm³/mol. The largest absolute Gasteiger partial charge is 0.310 e. The number of hydrogen-bond acceptors (Lipinski definition) is 1. The molecular weight excluding hydrogens is 158 g/mol. The van der Waals surface area contributed by atoms with Crippen LogP contribution in [0.3, 0.4) is 0 Å². The van der Waals surface area contributed by atoms with Gasteiger partial charge in [0, 0.05) is 0 Å². The summed E-state index contributed by atoms with van der Waals surface area (Å²) >= 11 is 0. The fourth-order valence-corrected chi connectivity index (χ4v) is 1.55. The SMILES string of the molecule is C=C(C)C(NC)c1cccc(C)c1. The van der Waals surface area contributed by atoms with Gasteiger partial charge < -0.3 is 5.32 Å². The van der Waals surface area contributed by atoms with Crippen molar-refractivity contribution in [1.29, 1.82) is 0 Å². The van der Waals surface area contributed by atoms with E-state index >= 15 is 0 Å². The van der Waals surface area contributed by atoms with E-state index in [9.17, 15) is 0 Å². The van der Waals surface area contributed by atoms with Crippen molar-refractivity contribution < 1.29 is 0 Å². The maximum atomic E-state index is 3.97. The van der Waals surface area contributed by atoms with E-state index in [1.165, 1.54) is 11.1 Å². The lowest BCUT2D eigenvalue weighted by Crippen LogP contribution is -2.16. The molecule has 1 atom stereocenters. The van der Waals surface area contributed by atoms with Crippen LogP contribution in [0.25, 0.3) is 0 Å². The summed E-state index contributed by atoms with van der Waals surface area (Å²) < 4.78 is 0. The number of aryl methyl sites for hydroxylation is 1. The van der Waals surface area contributed by atoms with E-state index < -0.39 is 0 Å². The topological polar surface area (TPSA) is 12.0 Å². The molecule has 0 spiro atoms. The van der Waals surface area contributed by atoms with Crippen LogP contribution in [0.1, 0.15) is 24.1 Å². The second-order valence-corrected chi connectivity index (χ2v) is 3.48. The number of rotatable bonds is 3. The van der Waals surface area contributed by atoms with E-state index in [1.807, 2.05) is 14.0 Å². The van der Waals surface area contributed by atoms with Crippen molar-refractivity contribution in [2.75, 3.05) is 7.05 Å². The van der Waals surface area contributed by atoms with Crippen LogP contribution in [0, 0.1) is 6.92 Å². The molecule has 0 fully saturated rings. The highest BCUT2D eigenvalue weighted by atomic mass is 14.9. The molecule has 0 bridgehead atoms. The fourth-order valence-electron chi connectivity index (χ4n) is 1.55. The quantitative estimate of drug-likeness (QED) is 0.696. The molecule has 0 aromatic heterocycles. The summed E-state index contributed by atoms with van der Waals surface area (Å²) in [6.45, 7) is 8.12. The first-order valence-electron chi connectivity index (χ1n) is 4.54. The molecule has 1 heteroatoms. The van der Waals surface area contributed by atoms with E-state index in [4.69, 9.17) is 0 Å². The van der Waals surface area contributed by atoms with Gasteiger partial charge in [0.1, 0.15) is 0 Å². The summed E-state index contributed by atoms with van der Waals surface area (Å²) in [7, 11) is 1.96. The third-order valence-corrected chi connectivity index (χ3v) is 2.16. The van der Waals surface area contributed by atoms with E-state index in [2.05, 4.69) is 43.1 Å². The lowest BCUT2D eigenvalue weighted by atomic mass is 10.00. The van der Waals surface area contributed by atoms with Gasteiger partial charge in [0.05, 0.1) is 6.04 Å². The summed E-state index contributed by atoms with van der Waals surface area (Å²) in [6.07, 6.45) is 0. The zero-order chi connectivity index (χ0) is 9.84. The third kappa shape index (κ3) is 2.43. The molecule has 1 nitrogen and oxygen atoms in total. The van der Waals surface area contributed by atoms with Gasteiger partial charge in [0.2, 0.25) is 0 Å². The lowest BCUT2D eigenvalue weighted by molar-refractivity contribution is 0.679. The highest BCUT2D eigenvalue weighted by Crippen LogP contribution is 2.19. The van der Waals surface area contributed by atoms with E-state index in [1.54, 1.807) is 0 Å². The van der Waals surface area contributed by atoms with Gasteiger partial charge in [-0.15, -0.1) is 0 Å². The van der Waals surface area contributed by atoms with Gasteiger partial charge in [-0.2, -0.15) is 0 Å². The summed E-state index contributed by atoms with van der Waals surface area (Å²) in [5.41, 5.74) is 3.72. The third-order valence-electron chi connectivity index (χ3n) is 2.16. The van der Waals surface area contributed by atoms with Crippen molar-refractivity contribution in [2.45, 2.75) is 19.9 Å². The highest BCUT2D eigenvalue weighted by molar-refractivity contribution is 5.29. The Balaban J connectivity index is 2.98. The first kappa shape index (κ1) is 10.0. The van der Waals surface area contributed by atoms with Gasteiger partial charge in [0.15, 0.2) is 0 Å². The minimum Gasteiger partial charge on any atom is -0.310 e. The molecule has 1 N–H and O–H groups in total. The first-order chi connectivity index (χ1) is 6.15. The minimum absolute atomic E-state index is 0.278. The monoisotopic (exact) mass is 175 g/mol. The van der Waals surface area contributed by atoms with Gasteiger partial charge in [-0.05, 0) is 26.5 Å². The molecular formula is C12H17N. The van der Waals surface area contributed by atoms with Crippen molar-refractivity contribution in [1.82, 2.24) is 5.32 Å². The maximum Gasteiger partial charge on any atom is 0.0528 e. The Bertz CT molecular complexity index is 302. The second-order valence-electron chi connectivity index (χ2n) is 3.48. The van der Waals surface area contributed by atoms with Gasteiger partial charge >= 0.3 is 0 Å². The van der Waals surface area contributed by atoms with Crippen molar-refractivity contribution in [3.05, 3.63) is 47.5 Å². The Kier molecular flexibility index (Phi) is 3.26. The van der Waals surface area contributed by atoms with Crippen LogP contribution < -0.4 is 5.32 Å². The fraction of sp³-hybridized carbons (Fsp3) is 0.333. The summed E-state index contributed by atoms with van der Waals surface area (Å²) in [6, 6.07) is 8.78. The van der Waals surface area contributed by atoms with Crippen LogP contribution in [0.15, 0.2) is 36.4 Å². The molecule has 13 heavy (non-hydrogen) atoms. The van der Waals surface area contributed by atoms with Crippen LogP contribution in [0.2, 0.25) is 0 Å². The summed E-state index contributed by atoms with van der Waals surface area (Å²) in [5, 5.41) is 3.25. The van der Waals surface area contributed by atoms with Crippen molar-refractivity contribution in [3.8, 4) is 0 Å². The first-order valence-corrected chi connectivity index (χ1v) is 4.54. The number of hydrogen-bond donors (Lipinski definition) is 1. The molecule has 0 saturated heterocycles. The van der Waals surface area contributed by atoms with Crippen LogP contribution in [0.5, 0.6) is 0 Å². The Morgan fingerprint density at radius 2 is 2.15 bits per heavy atom. The zero-order valence-electron chi connectivity index (χ0n) is 8.59. The van der Waals surface area contributed by atoms with E-state index in [0.717, 1.165) is 5.57 Å². The van der Waals surface area contributed by atoms with Crippen molar-refractivity contribution in [3.63, 3.8) is 0 Å². The Morgan fingerprint density at radius 3 is 2.62 bits per heavy atom. The van der Waals surface area contributed by atoms with Crippen LogP contribution in [-0.2, 0) is 0 Å². The normalized spacial score (nSPS) is 12.5. The van der Waals surface area contributed by atoms with Gasteiger partial charge in [-0.1, -0.05) is 42.0 Å². The smallest absolute Gasteiger partial charge is 0.0528 e. The van der Waals surface area contributed by atoms with Gasteiger partial charge in [0.25, 0.3) is 0 Å². The zero-order valence-corrected chi connectivity index (χ0v) is 8.59. The Hall–Kier alpha value is -1.08. The molecule has 1 unspecified atom stereocenters. The molecule has 1 rings (SSSR count). The average molecular weight is 175 g/mol. The number of benzene rings is 1. The maximum absolute atomic E-state index is 3.97. The lowest BCUT2D eigenvalue weighted by Gasteiger charge is -2.16. The molecule has 0 aliphatic rings. The molecule has 0 saturated carbocycles. The predicted octanol–water partition coefficient (Wildman–Crippen LogP) is 2.83. The van der Waals surface area contributed by atoms with Crippen molar-refractivity contribution >= 4 is 0 Å². The minimum atomic E-state index is 0.278. The summed E-state index contributed by atoms with van der Waals surface area (Å²) in [4.78, 5) is 0. The molecule has 0 amide bonds. The average Bonchev–Trinajstić information content (AvgIpc) is 2.04. The summed E-state index contributed by atoms with van der Waals surface area (Å²) in [5.74, 6) is 0. The highest BCUT2D eigenvalue weighted by Gasteiger charge is 2.08. The molecule has 0 aliphatic heterocycles.